The van der Waals surface area contributed by atoms with Gasteiger partial charge in [-0.25, -0.2) is 0 Å². The largest absolute Gasteiger partial charge is 0.395 e. The van der Waals surface area contributed by atoms with Crippen molar-refractivity contribution in [3.05, 3.63) is 0 Å². The molecule has 3 unspecified atom stereocenters. The number of amides is 1. The van der Waals surface area contributed by atoms with Gasteiger partial charge in [0, 0.05) is 18.5 Å². The van der Waals surface area contributed by atoms with Crippen LogP contribution >= 0.6 is 0 Å². The van der Waals surface area contributed by atoms with Crippen LogP contribution in [-0.2, 0) is 4.79 Å². The average molecular weight is 237 g/mol. The molecule has 3 atom stereocenters. The number of carbonyl (C=O) groups excluding carboxylic acids is 1. The molecule has 3 rings (SSSR count). The molecule has 0 aromatic heterocycles. The fourth-order valence-electron chi connectivity index (χ4n) is 4.04. The maximum atomic E-state index is 12.6. The second kappa shape index (κ2) is 4.60. The first-order chi connectivity index (χ1) is 8.29. The molecule has 3 aliphatic carbocycles. The highest BCUT2D eigenvalue weighted by molar-refractivity contribution is 5.80. The van der Waals surface area contributed by atoms with Gasteiger partial charge in [-0.3, -0.25) is 4.79 Å². The molecule has 0 aromatic rings. The molecule has 3 heteroatoms. The van der Waals surface area contributed by atoms with Crippen LogP contribution in [0.2, 0.25) is 0 Å². The molecular formula is C14H23NO2. The van der Waals surface area contributed by atoms with E-state index in [1.54, 1.807) is 0 Å². The Balaban J connectivity index is 1.66. The third-order valence-corrected chi connectivity index (χ3v) is 5.19. The molecule has 0 radical (unpaired) electrons. The summed E-state index contributed by atoms with van der Waals surface area (Å²) in [4.78, 5) is 14.6. The Morgan fingerprint density at radius 1 is 1.18 bits per heavy atom. The van der Waals surface area contributed by atoms with Crippen molar-refractivity contribution in [2.75, 3.05) is 13.2 Å². The molecule has 0 saturated heterocycles. The summed E-state index contributed by atoms with van der Waals surface area (Å²) in [6, 6.07) is 0.439. The molecule has 3 saturated carbocycles. The lowest BCUT2D eigenvalue weighted by atomic mass is 9.85. The summed E-state index contributed by atoms with van der Waals surface area (Å²) >= 11 is 0. The van der Waals surface area contributed by atoms with Gasteiger partial charge in [-0.05, 0) is 50.4 Å². The molecule has 1 N–H and O–H groups in total. The first kappa shape index (κ1) is 11.5. The Kier molecular flexibility index (Phi) is 3.12. The van der Waals surface area contributed by atoms with Crippen LogP contribution in [0.25, 0.3) is 0 Å². The molecule has 0 aromatic carbocycles. The summed E-state index contributed by atoms with van der Waals surface area (Å²) in [5.74, 6) is 2.14. The van der Waals surface area contributed by atoms with Crippen LogP contribution in [0.5, 0.6) is 0 Å². The molecule has 2 bridgehead atoms. The Labute approximate surface area is 103 Å². The summed E-state index contributed by atoms with van der Waals surface area (Å²) in [6.07, 6.45) is 8.55. The van der Waals surface area contributed by atoms with E-state index in [2.05, 4.69) is 0 Å². The second-order valence-corrected chi connectivity index (χ2v) is 6.12. The minimum atomic E-state index is 0.114. The summed E-state index contributed by atoms with van der Waals surface area (Å²) in [6.45, 7) is 0.667. The van der Waals surface area contributed by atoms with Crippen LogP contribution in [0.4, 0.5) is 0 Å². The molecule has 0 heterocycles. The van der Waals surface area contributed by atoms with Gasteiger partial charge >= 0.3 is 0 Å². The van der Waals surface area contributed by atoms with E-state index >= 15 is 0 Å². The number of aliphatic hydroxyl groups is 1. The fourth-order valence-corrected chi connectivity index (χ4v) is 4.04. The van der Waals surface area contributed by atoms with Gasteiger partial charge in [0.1, 0.15) is 0 Å². The Morgan fingerprint density at radius 3 is 2.47 bits per heavy atom. The van der Waals surface area contributed by atoms with Crippen LogP contribution in [0.15, 0.2) is 0 Å². The monoisotopic (exact) mass is 237 g/mol. The lowest BCUT2D eigenvalue weighted by Crippen LogP contribution is -2.48. The summed E-state index contributed by atoms with van der Waals surface area (Å²) in [5.41, 5.74) is 0. The van der Waals surface area contributed by atoms with Gasteiger partial charge in [-0.15, -0.1) is 0 Å². The topological polar surface area (TPSA) is 40.5 Å². The molecule has 1 amide bonds. The quantitative estimate of drug-likeness (QED) is 0.810. The summed E-state index contributed by atoms with van der Waals surface area (Å²) in [5, 5.41) is 9.13. The van der Waals surface area contributed by atoms with Crippen molar-refractivity contribution in [3.63, 3.8) is 0 Å². The Hall–Kier alpha value is -0.570. The standard InChI is InChI=1S/C14H23NO2/c16-7-6-15(12-2-1-3-12)14(17)13-9-10-4-5-11(13)8-10/h10-13,16H,1-9H2. The zero-order valence-electron chi connectivity index (χ0n) is 10.5. The van der Waals surface area contributed by atoms with Crippen LogP contribution in [-0.4, -0.2) is 35.1 Å². The van der Waals surface area contributed by atoms with Crippen molar-refractivity contribution in [2.45, 2.75) is 51.0 Å². The van der Waals surface area contributed by atoms with Crippen LogP contribution in [0.1, 0.15) is 44.9 Å². The minimum Gasteiger partial charge on any atom is -0.395 e. The molecule has 3 aliphatic rings. The third kappa shape index (κ3) is 1.99. The van der Waals surface area contributed by atoms with E-state index in [1.807, 2.05) is 4.90 Å². The molecular weight excluding hydrogens is 214 g/mol. The summed E-state index contributed by atoms with van der Waals surface area (Å²) in [7, 11) is 0. The van der Waals surface area contributed by atoms with Crippen molar-refractivity contribution in [3.8, 4) is 0 Å². The van der Waals surface area contributed by atoms with E-state index in [4.69, 9.17) is 5.11 Å². The highest BCUT2D eigenvalue weighted by atomic mass is 16.3. The van der Waals surface area contributed by atoms with E-state index in [0.717, 1.165) is 25.2 Å². The average Bonchev–Trinajstić information content (AvgIpc) is 2.86. The SMILES string of the molecule is O=C(C1CC2CCC1C2)N(CCO)C1CCC1. The maximum Gasteiger partial charge on any atom is 0.226 e. The highest BCUT2D eigenvalue weighted by Crippen LogP contribution is 2.49. The van der Waals surface area contributed by atoms with Crippen molar-refractivity contribution in [1.82, 2.24) is 4.90 Å². The molecule has 17 heavy (non-hydrogen) atoms. The summed E-state index contributed by atoms with van der Waals surface area (Å²) < 4.78 is 0. The number of hydrogen-bond donors (Lipinski definition) is 1. The van der Waals surface area contributed by atoms with E-state index < -0.39 is 0 Å². The molecule has 0 spiro atoms. The number of carbonyl (C=O) groups is 1. The predicted molar refractivity (Wildman–Crippen MR) is 65.4 cm³/mol. The van der Waals surface area contributed by atoms with Gasteiger partial charge in [0.2, 0.25) is 5.91 Å². The van der Waals surface area contributed by atoms with Crippen molar-refractivity contribution in [1.29, 1.82) is 0 Å². The molecule has 3 nitrogen and oxygen atoms in total. The first-order valence-corrected chi connectivity index (χ1v) is 7.21. The van der Waals surface area contributed by atoms with Crippen LogP contribution in [0, 0.1) is 17.8 Å². The first-order valence-electron chi connectivity index (χ1n) is 7.21. The smallest absolute Gasteiger partial charge is 0.226 e. The molecule has 0 aliphatic heterocycles. The zero-order valence-corrected chi connectivity index (χ0v) is 10.5. The number of fused-ring (bicyclic) bond motifs is 2. The molecule has 96 valence electrons. The minimum absolute atomic E-state index is 0.114. The van der Waals surface area contributed by atoms with Crippen LogP contribution < -0.4 is 0 Å². The van der Waals surface area contributed by atoms with Gasteiger partial charge in [0.15, 0.2) is 0 Å². The van der Waals surface area contributed by atoms with Gasteiger partial charge in [-0.1, -0.05) is 6.42 Å². The Bertz CT molecular complexity index is 301. The van der Waals surface area contributed by atoms with Gasteiger partial charge in [0.25, 0.3) is 0 Å². The number of nitrogens with zero attached hydrogens (tertiary/aromatic N) is 1. The number of aliphatic hydroxyl groups excluding tert-OH is 1. The van der Waals surface area contributed by atoms with E-state index in [1.165, 1.54) is 25.7 Å². The number of rotatable bonds is 4. The number of hydrogen-bond acceptors (Lipinski definition) is 2. The third-order valence-electron chi connectivity index (χ3n) is 5.19. The molecule has 3 fully saturated rings. The maximum absolute atomic E-state index is 12.6. The Morgan fingerprint density at radius 2 is 2.00 bits per heavy atom. The predicted octanol–water partition coefficient (Wildman–Crippen LogP) is 1.80. The van der Waals surface area contributed by atoms with E-state index in [0.29, 0.717) is 30.3 Å². The van der Waals surface area contributed by atoms with Crippen molar-refractivity contribution in [2.24, 2.45) is 17.8 Å². The zero-order chi connectivity index (χ0) is 11.8. The lowest BCUT2D eigenvalue weighted by molar-refractivity contribution is -0.142. The second-order valence-electron chi connectivity index (χ2n) is 6.12. The van der Waals surface area contributed by atoms with Crippen LogP contribution in [0.3, 0.4) is 0 Å². The van der Waals surface area contributed by atoms with Gasteiger partial charge in [0.05, 0.1) is 6.61 Å². The normalized spacial score (nSPS) is 35.9. The lowest BCUT2D eigenvalue weighted by Gasteiger charge is -2.40. The van der Waals surface area contributed by atoms with Crippen molar-refractivity contribution < 1.29 is 9.90 Å². The van der Waals surface area contributed by atoms with Gasteiger partial charge < -0.3 is 10.0 Å². The van der Waals surface area contributed by atoms with E-state index in [-0.39, 0.29) is 6.61 Å². The van der Waals surface area contributed by atoms with Gasteiger partial charge in [-0.2, -0.15) is 0 Å². The fraction of sp³-hybridized carbons (Fsp3) is 0.929. The van der Waals surface area contributed by atoms with E-state index in [9.17, 15) is 4.79 Å². The van der Waals surface area contributed by atoms with Crippen molar-refractivity contribution >= 4 is 5.91 Å². The highest BCUT2D eigenvalue weighted by Gasteiger charge is 2.45.